The van der Waals surface area contributed by atoms with Crippen molar-refractivity contribution in [1.29, 1.82) is 0 Å². The summed E-state index contributed by atoms with van der Waals surface area (Å²) in [5.41, 5.74) is 5.61. The van der Waals surface area contributed by atoms with Gasteiger partial charge >= 0.3 is 0 Å². The Hall–Kier alpha value is -2.67. The Bertz CT molecular complexity index is 1150. The summed E-state index contributed by atoms with van der Waals surface area (Å²) in [6.45, 7) is 11.0. The molecule has 1 unspecified atom stereocenters. The van der Waals surface area contributed by atoms with Crippen molar-refractivity contribution in [2.24, 2.45) is 0 Å². The SMILES string of the molecule is COc1c(C(C)n2nc(C)c3c(C)ncnc32)cc(Cl)c(C)c1C1CN(C(C)=O)C1. The second-order valence-electron chi connectivity index (χ2n) is 8.00. The Morgan fingerprint density at radius 1 is 1.23 bits per heavy atom. The van der Waals surface area contributed by atoms with Gasteiger partial charge in [-0.15, -0.1) is 0 Å². The predicted molar refractivity (Wildman–Crippen MR) is 116 cm³/mol. The monoisotopic (exact) mass is 427 g/mol. The molecule has 7 nitrogen and oxygen atoms in total. The number of nitrogens with zero attached hydrogens (tertiary/aromatic N) is 5. The average molecular weight is 428 g/mol. The third-order valence-corrected chi connectivity index (χ3v) is 6.55. The fraction of sp³-hybridized carbons (Fsp3) is 0.455. The molecule has 1 aliphatic rings. The van der Waals surface area contributed by atoms with Crippen LogP contribution in [0.4, 0.5) is 0 Å². The van der Waals surface area contributed by atoms with E-state index in [1.54, 1.807) is 20.4 Å². The number of fused-ring (bicyclic) bond motifs is 1. The van der Waals surface area contributed by atoms with E-state index in [-0.39, 0.29) is 17.9 Å². The van der Waals surface area contributed by atoms with Crippen molar-refractivity contribution in [3.63, 3.8) is 0 Å². The number of rotatable bonds is 4. The first-order chi connectivity index (χ1) is 14.2. The summed E-state index contributed by atoms with van der Waals surface area (Å²) >= 11 is 6.66. The number of ether oxygens (including phenoxy) is 1. The molecular formula is C22H26ClN5O2. The van der Waals surface area contributed by atoms with Crippen LogP contribution in [0.5, 0.6) is 5.75 Å². The van der Waals surface area contributed by atoms with Crippen molar-refractivity contribution >= 4 is 28.5 Å². The number of aromatic nitrogens is 4. The first-order valence-electron chi connectivity index (χ1n) is 10.0. The van der Waals surface area contributed by atoms with E-state index in [9.17, 15) is 4.79 Å². The first kappa shape index (κ1) is 20.6. The van der Waals surface area contributed by atoms with Crippen LogP contribution >= 0.6 is 11.6 Å². The normalized spacial score (nSPS) is 15.4. The van der Waals surface area contributed by atoms with Crippen LogP contribution < -0.4 is 4.74 Å². The number of aryl methyl sites for hydroxylation is 2. The Morgan fingerprint density at radius 3 is 2.57 bits per heavy atom. The highest BCUT2D eigenvalue weighted by Crippen LogP contribution is 2.44. The lowest BCUT2D eigenvalue weighted by Gasteiger charge is -2.40. The standard InChI is InChI=1S/C22H26ClN5O2/c1-11-18(23)7-17(21(30-6)19(11)16-8-27(9-16)15(5)29)14(4)28-22-20(13(3)26-28)12(2)24-10-25-22/h7,10,14,16H,8-9H2,1-6H3. The third-order valence-electron chi connectivity index (χ3n) is 6.16. The molecule has 1 atom stereocenters. The molecule has 8 heteroatoms. The van der Waals surface area contributed by atoms with Crippen molar-refractivity contribution in [3.8, 4) is 5.75 Å². The molecule has 3 aromatic rings. The molecule has 0 radical (unpaired) electrons. The van der Waals surface area contributed by atoms with Crippen molar-refractivity contribution in [2.75, 3.05) is 20.2 Å². The van der Waals surface area contributed by atoms with E-state index < -0.39 is 0 Å². The summed E-state index contributed by atoms with van der Waals surface area (Å²) in [6, 6.07) is 1.81. The van der Waals surface area contributed by atoms with Gasteiger partial charge in [-0.1, -0.05) is 11.6 Å². The Kier molecular flexibility index (Phi) is 5.18. The lowest BCUT2D eigenvalue weighted by molar-refractivity contribution is -0.133. The molecule has 1 aliphatic heterocycles. The smallest absolute Gasteiger partial charge is 0.219 e. The number of benzene rings is 1. The molecule has 1 amide bonds. The molecule has 0 spiro atoms. The van der Waals surface area contributed by atoms with Gasteiger partial charge in [-0.3, -0.25) is 4.79 Å². The number of halogens is 1. The molecule has 2 aromatic heterocycles. The number of methoxy groups -OCH3 is 1. The summed E-state index contributed by atoms with van der Waals surface area (Å²) in [4.78, 5) is 22.3. The predicted octanol–water partition coefficient (Wildman–Crippen LogP) is 3.97. The third kappa shape index (κ3) is 3.12. The lowest BCUT2D eigenvalue weighted by Crippen LogP contribution is -2.47. The maximum absolute atomic E-state index is 11.7. The second kappa shape index (κ2) is 7.54. The zero-order valence-corrected chi connectivity index (χ0v) is 18.9. The summed E-state index contributed by atoms with van der Waals surface area (Å²) in [5, 5.41) is 6.42. The van der Waals surface area contributed by atoms with Crippen LogP contribution in [0.1, 0.15) is 53.9 Å². The van der Waals surface area contributed by atoms with Gasteiger partial charge in [-0.2, -0.15) is 5.10 Å². The molecule has 0 aliphatic carbocycles. The maximum atomic E-state index is 11.7. The van der Waals surface area contributed by atoms with Crippen LogP contribution in [0.25, 0.3) is 11.0 Å². The van der Waals surface area contributed by atoms with Gasteiger partial charge in [0.25, 0.3) is 0 Å². The highest BCUT2D eigenvalue weighted by atomic mass is 35.5. The zero-order valence-electron chi connectivity index (χ0n) is 18.2. The summed E-state index contributed by atoms with van der Waals surface area (Å²) in [6.07, 6.45) is 1.57. The minimum atomic E-state index is -0.147. The van der Waals surface area contributed by atoms with E-state index in [4.69, 9.17) is 21.4 Å². The molecule has 3 heterocycles. The average Bonchev–Trinajstić information content (AvgIpc) is 3.00. The van der Waals surface area contributed by atoms with Crippen LogP contribution in [-0.2, 0) is 4.79 Å². The van der Waals surface area contributed by atoms with Gasteiger partial charge in [-0.05, 0) is 39.3 Å². The number of hydrogen-bond acceptors (Lipinski definition) is 5. The van der Waals surface area contributed by atoms with Gasteiger partial charge in [0.15, 0.2) is 5.65 Å². The number of hydrogen-bond donors (Lipinski definition) is 0. The molecule has 0 saturated carbocycles. The van der Waals surface area contributed by atoms with Crippen LogP contribution in [0.3, 0.4) is 0 Å². The molecule has 0 N–H and O–H groups in total. The van der Waals surface area contributed by atoms with Crippen LogP contribution in [0.2, 0.25) is 5.02 Å². The highest BCUT2D eigenvalue weighted by molar-refractivity contribution is 6.31. The van der Waals surface area contributed by atoms with Gasteiger partial charge in [0, 0.05) is 42.1 Å². The number of likely N-dealkylation sites (tertiary alicyclic amines) is 1. The Morgan fingerprint density at radius 2 is 1.93 bits per heavy atom. The Labute approximate surface area is 181 Å². The fourth-order valence-electron chi connectivity index (χ4n) is 4.43. The van der Waals surface area contributed by atoms with Gasteiger partial charge < -0.3 is 9.64 Å². The minimum Gasteiger partial charge on any atom is -0.496 e. The highest BCUT2D eigenvalue weighted by Gasteiger charge is 2.35. The Balaban J connectivity index is 1.84. The van der Waals surface area contributed by atoms with Crippen molar-refractivity contribution < 1.29 is 9.53 Å². The largest absolute Gasteiger partial charge is 0.496 e. The molecule has 1 fully saturated rings. The van der Waals surface area contributed by atoms with Gasteiger partial charge in [0.05, 0.1) is 29.9 Å². The van der Waals surface area contributed by atoms with Gasteiger partial charge in [0.2, 0.25) is 5.91 Å². The lowest BCUT2D eigenvalue weighted by atomic mass is 9.85. The summed E-state index contributed by atoms with van der Waals surface area (Å²) in [5.74, 6) is 1.10. The van der Waals surface area contributed by atoms with E-state index in [2.05, 4.69) is 16.9 Å². The first-order valence-corrected chi connectivity index (χ1v) is 10.4. The van der Waals surface area contributed by atoms with E-state index in [0.717, 1.165) is 44.9 Å². The van der Waals surface area contributed by atoms with Crippen molar-refractivity contribution in [2.45, 2.75) is 46.6 Å². The molecule has 1 aromatic carbocycles. The van der Waals surface area contributed by atoms with Gasteiger partial charge in [-0.25, -0.2) is 14.6 Å². The molecule has 4 rings (SSSR count). The molecule has 30 heavy (non-hydrogen) atoms. The van der Waals surface area contributed by atoms with Gasteiger partial charge in [0.1, 0.15) is 12.1 Å². The topological polar surface area (TPSA) is 73.1 Å². The van der Waals surface area contributed by atoms with E-state index in [1.807, 2.05) is 36.4 Å². The fourth-order valence-corrected chi connectivity index (χ4v) is 4.65. The summed E-state index contributed by atoms with van der Waals surface area (Å²) in [7, 11) is 1.68. The van der Waals surface area contributed by atoms with Crippen LogP contribution in [0, 0.1) is 20.8 Å². The maximum Gasteiger partial charge on any atom is 0.219 e. The van der Waals surface area contributed by atoms with Crippen LogP contribution in [-0.4, -0.2) is 50.8 Å². The summed E-state index contributed by atoms with van der Waals surface area (Å²) < 4.78 is 7.83. The molecular weight excluding hydrogens is 402 g/mol. The van der Waals surface area contributed by atoms with E-state index >= 15 is 0 Å². The van der Waals surface area contributed by atoms with Crippen molar-refractivity contribution in [1.82, 2.24) is 24.6 Å². The molecule has 1 saturated heterocycles. The molecule has 158 valence electrons. The van der Waals surface area contributed by atoms with Crippen molar-refractivity contribution in [3.05, 3.63) is 45.5 Å². The van der Waals surface area contributed by atoms with Crippen LogP contribution in [0.15, 0.2) is 12.4 Å². The number of carbonyl (C=O) groups is 1. The van der Waals surface area contributed by atoms with E-state index in [1.165, 1.54) is 0 Å². The number of carbonyl (C=O) groups excluding carboxylic acids is 1. The minimum absolute atomic E-state index is 0.0898. The molecule has 0 bridgehead atoms. The zero-order chi connectivity index (χ0) is 21.7. The van der Waals surface area contributed by atoms with E-state index in [0.29, 0.717) is 18.1 Å². The number of amides is 1. The quantitative estimate of drug-likeness (QED) is 0.629. The second-order valence-corrected chi connectivity index (χ2v) is 8.41.